The highest BCUT2D eigenvalue weighted by Crippen LogP contribution is 2.40. The summed E-state index contributed by atoms with van der Waals surface area (Å²) in [6, 6.07) is 0.00339. The van der Waals surface area contributed by atoms with Crippen LogP contribution < -0.4 is 0 Å². The lowest BCUT2D eigenvalue weighted by Gasteiger charge is -2.19. The zero-order chi connectivity index (χ0) is 25.8. The van der Waals surface area contributed by atoms with E-state index in [1.54, 1.807) is 0 Å². The normalized spacial score (nSPS) is 11.8. The van der Waals surface area contributed by atoms with E-state index >= 15 is 0 Å². The van der Waals surface area contributed by atoms with Crippen molar-refractivity contribution in [1.82, 2.24) is 0 Å². The van der Waals surface area contributed by atoms with Gasteiger partial charge in [0.25, 0.3) is 20.2 Å². The summed E-state index contributed by atoms with van der Waals surface area (Å²) >= 11 is 0. The number of benzene rings is 2. The minimum absolute atomic E-state index is 0.00339. The van der Waals surface area contributed by atoms with Crippen LogP contribution in [0.25, 0.3) is 10.8 Å². The fourth-order valence-electron chi connectivity index (χ4n) is 3.12. The maximum absolute atomic E-state index is 12.0. The molecule has 16 nitrogen and oxygen atoms in total. The molecule has 0 atom stereocenters. The van der Waals surface area contributed by atoms with Gasteiger partial charge in [-0.1, -0.05) is 0 Å². The lowest BCUT2D eigenvalue weighted by atomic mass is 9.88. The van der Waals surface area contributed by atoms with E-state index in [-0.39, 0.29) is 6.07 Å². The third kappa shape index (κ3) is 4.05. The van der Waals surface area contributed by atoms with Crippen LogP contribution in [-0.4, -0.2) is 81.3 Å². The van der Waals surface area contributed by atoms with Gasteiger partial charge >= 0.3 is 29.8 Å². The van der Waals surface area contributed by atoms with E-state index in [1.807, 2.05) is 0 Å². The molecule has 7 N–H and O–H groups in total. The zero-order valence-corrected chi connectivity index (χ0v) is 16.8. The second-order valence-electron chi connectivity index (χ2n) is 5.98. The molecule has 0 fully saturated rings. The van der Waals surface area contributed by atoms with Crippen molar-refractivity contribution in [3.63, 3.8) is 0 Å². The second-order valence-corrected chi connectivity index (χ2v) is 8.70. The van der Waals surface area contributed by atoms with Gasteiger partial charge in [-0.25, -0.2) is 24.0 Å². The van der Waals surface area contributed by atoms with E-state index in [0.29, 0.717) is 0 Å². The van der Waals surface area contributed by atoms with Gasteiger partial charge in [0, 0.05) is 10.8 Å². The van der Waals surface area contributed by atoms with E-state index in [2.05, 4.69) is 0 Å². The molecular weight excluding hydrogens is 500 g/mol. The minimum atomic E-state index is -6.03. The zero-order valence-electron chi connectivity index (χ0n) is 15.2. The third-order valence-electron chi connectivity index (χ3n) is 4.11. The molecule has 0 aliphatic heterocycles. The van der Waals surface area contributed by atoms with Gasteiger partial charge in [0.2, 0.25) is 0 Å². The molecule has 2 aromatic rings. The molecule has 18 heteroatoms. The average Bonchev–Trinajstić information content (AvgIpc) is 2.61. The van der Waals surface area contributed by atoms with Gasteiger partial charge in [0.05, 0.1) is 27.8 Å². The fourth-order valence-corrected chi connectivity index (χ4v) is 5.32. The SMILES string of the molecule is O=C(O)c1cc2c(S(=O)(=O)O)c(S(=O)(=O)O)c(C(=O)O)c(C(=O)O)c2c(C(=O)O)c1C(=O)O. The van der Waals surface area contributed by atoms with Crippen molar-refractivity contribution in [2.45, 2.75) is 9.79 Å². The van der Waals surface area contributed by atoms with Gasteiger partial charge < -0.3 is 25.5 Å². The Bertz CT molecular complexity index is 1530. The number of aromatic carboxylic acids is 5. The van der Waals surface area contributed by atoms with Crippen molar-refractivity contribution >= 4 is 60.9 Å². The Hall–Kier alpha value is -4.13. The second kappa shape index (κ2) is 7.78. The quantitative estimate of drug-likeness (QED) is 0.239. The molecule has 2 rings (SSSR count). The highest BCUT2D eigenvalue weighted by Gasteiger charge is 2.41. The summed E-state index contributed by atoms with van der Waals surface area (Å²) in [6.07, 6.45) is 0. The topological polar surface area (TPSA) is 295 Å². The van der Waals surface area contributed by atoms with Gasteiger partial charge in [-0.2, -0.15) is 16.8 Å². The lowest BCUT2D eigenvalue weighted by Crippen LogP contribution is -2.23. The molecule has 176 valence electrons. The lowest BCUT2D eigenvalue weighted by molar-refractivity contribution is 0.0633. The first kappa shape index (κ1) is 25.1. The molecule has 0 radical (unpaired) electrons. The Morgan fingerprint density at radius 3 is 1.21 bits per heavy atom. The van der Waals surface area contributed by atoms with Crippen LogP contribution in [0, 0.1) is 0 Å². The standard InChI is InChI=1S/C15H8O16S2/c16-11(17)3-1-2-4(6(13(20)21)5(3)12(18)19)7(14(22)23)8(15(24)25)10(33(29,30)31)9(2)32(26,27)28/h1H,(H,16,17)(H,18,19)(H,20,21)(H,22,23)(H,24,25)(H,26,27,28)(H,29,30,31). The Morgan fingerprint density at radius 2 is 0.909 bits per heavy atom. The summed E-state index contributed by atoms with van der Waals surface area (Å²) in [6.45, 7) is 0. The summed E-state index contributed by atoms with van der Waals surface area (Å²) in [7, 11) is -12.0. The number of carboxylic acids is 5. The van der Waals surface area contributed by atoms with Crippen LogP contribution in [0.2, 0.25) is 0 Å². The first-order valence-electron chi connectivity index (χ1n) is 7.66. The van der Waals surface area contributed by atoms with Crippen LogP contribution >= 0.6 is 0 Å². The first-order valence-corrected chi connectivity index (χ1v) is 10.5. The molecule has 0 amide bonds. The summed E-state index contributed by atoms with van der Waals surface area (Å²) in [4.78, 5) is 54.2. The van der Waals surface area contributed by atoms with Gasteiger partial charge in [-0.3, -0.25) is 9.11 Å². The van der Waals surface area contributed by atoms with Crippen LogP contribution in [-0.2, 0) is 20.2 Å². The Morgan fingerprint density at radius 1 is 0.545 bits per heavy atom. The van der Waals surface area contributed by atoms with Crippen molar-refractivity contribution in [3.8, 4) is 0 Å². The highest BCUT2D eigenvalue weighted by molar-refractivity contribution is 7.89. The van der Waals surface area contributed by atoms with Crippen LogP contribution in [0.1, 0.15) is 51.8 Å². The molecule has 33 heavy (non-hydrogen) atoms. The molecule has 0 aliphatic rings. The minimum Gasteiger partial charge on any atom is -0.478 e. The fraction of sp³-hybridized carbons (Fsp3) is 0. The van der Waals surface area contributed by atoms with Crippen molar-refractivity contribution in [2.75, 3.05) is 0 Å². The molecule has 0 spiro atoms. The summed E-state index contributed by atoms with van der Waals surface area (Å²) in [5, 5.41) is 43.9. The summed E-state index contributed by atoms with van der Waals surface area (Å²) in [5.74, 6) is -11.9. The van der Waals surface area contributed by atoms with Crippen molar-refractivity contribution in [1.29, 1.82) is 0 Å². The molecular formula is C15H8O16S2. The van der Waals surface area contributed by atoms with Crippen LogP contribution in [0.15, 0.2) is 15.9 Å². The number of fused-ring (bicyclic) bond motifs is 1. The maximum Gasteiger partial charge on any atom is 0.338 e. The van der Waals surface area contributed by atoms with E-state index in [1.165, 1.54) is 0 Å². The molecule has 0 heterocycles. The highest BCUT2D eigenvalue weighted by atomic mass is 32.2. The number of carboxylic acid groups (broad SMARTS) is 5. The van der Waals surface area contributed by atoms with Crippen molar-refractivity contribution in [2.24, 2.45) is 0 Å². The van der Waals surface area contributed by atoms with E-state index in [9.17, 15) is 75.4 Å². The van der Waals surface area contributed by atoms with E-state index < -0.39 is 98.5 Å². The van der Waals surface area contributed by atoms with Crippen LogP contribution in [0.4, 0.5) is 0 Å². The van der Waals surface area contributed by atoms with Gasteiger partial charge in [0.1, 0.15) is 9.79 Å². The predicted molar refractivity (Wildman–Crippen MR) is 98.4 cm³/mol. The predicted octanol–water partition coefficient (Wildman–Crippen LogP) is -0.176. The Balaban J connectivity index is 3.78. The molecule has 0 saturated heterocycles. The smallest absolute Gasteiger partial charge is 0.338 e. The van der Waals surface area contributed by atoms with Crippen molar-refractivity contribution in [3.05, 3.63) is 33.9 Å². The van der Waals surface area contributed by atoms with Gasteiger partial charge in [-0.05, 0) is 6.07 Å². The van der Waals surface area contributed by atoms with Crippen molar-refractivity contribution < 1.29 is 75.4 Å². The largest absolute Gasteiger partial charge is 0.478 e. The van der Waals surface area contributed by atoms with E-state index in [4.69, 9.17) is 0 Å². The maximum atomic E-state index is 12.0. The molecule has 2 aromatic carbocycles. The monoisotopic (exact) mass is 508 g/mol. The average molecular weight is 508 g/mol. The van der Waals surface area contributed by atoms with Crippen LogP contribution in [0.5, 0.6) is 0 Å². The molecule has 0 aliphatic carbocycles. The number of hydrogen-bond donors (Lipinski definition) is 7. The molecule has 0 unspecified atom stereocenters. The van der Waals surface area contributed by atoms with Crippen LogP contribution in [0.3, 0.4) is 0 Å². The summed E-state index contributed by atoms with van der Waals surface area (Å²) in [5.41, 5.74) is -8.74. The third-order valence-corrected chi connectivity index (χ3v) is 6.10. The summed E-state index contributed by atoms with van der Waals surface area (Å²) < 4.78 is 66.7. The van der Waals surface area contributed by atoms with Gasteiger partial charge in [0.15, 0.2) is 0 Å². The number of carbonyl (C=O) groups is 5. The Kier molecular flexibility index (Phi) is 5.92. The molecule has 0 bridgehead atoms. The Labute approximate surface area is 180 Å². The molecule has 0 aromatic heterocycles. The molecule has 0 saturated carbocycles. The number of hydrogen-bond acceptors (Lipinski definition) is 9. The first-order chi connectivity index (χ1) is 14.8. The van der Waals surface area contributed by atoms with Gasteiger partial charge in [-0.15, -0.1) is 0 Å². The number of rotatable bonds is 7. The van der Waals surface area contributed by atoms with E-state index in [0.717, 1.165) is 0 Å².